The Balaban J connectivity index is 1.32. The van der Waals surface area contributed by atoms with Gasteiger partial charge in [-0.05, 0) is 107 Å². The Bertz CT molecular complexity index is 1310. The number of sulfonamides is 1. The van der Waals surface area contributed by atoms with E-state index in [4.69, 9.17) is 16.3 Å². The molecular formula is C30H38ClF2N3O4S. The highest BCUT2D eigenvalue weighted by Crippen LogP contribution is 2.40. The molecule has 3 saturated heterocycles. The van der Waals surface area contributed by atoms with Crippen LogP contribution in [0, 0.1) is 11.6 Å². The molecule has 1 amide bonds. The van der Waals surface area contributed by atoms with Crippen LogP contribution in [0.4, 0.5) is 13.6 Å². The zero-order chi connectivity index (χ0) is 29.2. The van der Waals surface area contributed by atoms with Crippen molar-refractivity contribution in [3.05, 3.63) is 64.7 Å². The summed E-state index contributed by atoms with van der Waals surface area (Å²) in [6, 6.07) is 7.36. The number of benzene rings is 2. The van der Waals surface area contributed by atoms with Gasteiger partial charge in [-0.15, -0.1) is 0 Å². The molecular weight excluding hydrogens is 572 g/mol. The SMILES string of the molecule is CC1(N2CCCCC2)CCN(C(=O)OC[C@@H]2CCC[C@H](c3cc(F)cc(F)c3)N2S(=O)(=O)c2ccc(Cl)cc2)CC1. The van der Waals surface area contributed by atoms with Crippen LogP contribution in [0.25, 0.3) is 0 Å². The molecule has 11 heteroatoms. The topological polar surface area (TPSA) is 70.2 Å². The summed E-state index contributed by atoms with van der Waals surface area (Å²) in [6.07, 6.45) is 6.37. The van der Waals surface area contributed by atoms with Crippen LogP contribution in [-0.2, 0) is 14.8 Å². The van der Waals surface area contributed by atoms with Gasteiger partial charge in [-0.2, -0.15) is 4.31 Å². The van der Waals surface area contributed by atoms with Crippen LogP contribution in [0.2, 0.25) is 5.02 Å². The Labute approximate surface area is 246 Å². The number of hydrogen-bond donors (Lipinski definition) is 0. The molecule has 3 heterocycles. The number of halogens is 3. The lowest BCUT2D eigenvalue weighted by atomic mass is 9.86. The summed E-state index contributed by atoms with van der Waals surface area (Å²) in [5.41, 5.74) is 0.293. The number of piperidine rings is 3. The third kappa shape index (κ3) is 6.71. The molecule has 224 valence electrons. The summed E-state index contributed by atoms with van der Waals surface area (Å²) >= 11 is 6.00. The van der Waals surface area contributed by atoms with Gasteiger partial charge in [0, 0.05) is 29.7 Å². The first kappa shape index (κ1) is 30.2. The van der Waals surface area contributed by atoms with Gasteiger partial charge in [-0.3, -0.25) is 4.90 Å². The minimum Gasteiger partial charge on any atom is -0.448 e. The summed E-state index contributed by atoms with van der Waals surface area (Å²) in [5, 5.41) is 0.384. The van der Waals surface area contributed by atoms with E-state index in [-0.39, 0.29) is 22.6 Å². The Morgan fingerprint density at radius 3 is 2.22 bits per heavy atom. The Kier molecular flexibility index (Phi) is 9.23. The fourth-order valence-electron chi connectivity index (χ4n) is 6.57. The fourth-order valence-corrected chi connectivity index (χ4v) is 8.54. The average molecular weight is 610 g/mol. The predicted molar refractivity (Wildman–Crippen MR) is 153 cm³/mol. The molecule has 5 rings (SSSR count). The number of ether oxygens (including phenoxy) is 1. The second-order valence-corrected chi connectivity index (χ2v) is 14.0. The first-order valence-electron chi connectivity index (χ1n) is 14.5. The lowest BCUT2D eigenvalue weighted by molar-refractivity contribution is 0.0114. The van der Waals surface area contributed by atoms with Crippen LogP contribution in [0.15, 0.2) is 47.4 Å². The average Bonchev–Trinajstić information content (AvgIpc) is 2.96. The number of nitrogens with zero attached hydrogens (tertiary/aromatic N) is 3. The maximum absolute atomic E-state index is 14.2. The number of amides is 1. The maximum Gasteiger partial charge on any atom is 0.409 e. The van der Waals surface area contributed by atoms with E-state index in [1.165, 1.54) is 60.0 Å². The van der Waals surface area contributed by atoms with Crippen molar-refractivity contribution >= 4 is 27.7 Å². The summed E-state index contributed by atoms with van der Waals surface area (Å²) < 4.78 is 63.4. The number of carbonyl (C=O) groups is 1. The van der Waals surface area contributed by atoms with Crippen LogP contribution < -0.4 is 0 Å². The zero-order valence-corrected chi connectivity index (χ0v) is 25.0. The number of likely N-dealkylation sites (tertiary alicyclic amines) is 2. The highest BCUT2D eigenvalue weighted by atomic mass is 35.5. The number of rotatable bonds is 6. The second-order valence-electron chi connectivity index (χ2n) is 11.7. The van der Waals surface area contributed by atoms with Gasteiger partial charge < -0.3 is 9.64 Å². The van der Waals surface area contributed by atoms with Gasteiger partial charge in [-0.1, -0.05) is 18.0 Å². The molecule has 41 heavy (non-hydrogen) atoms. The van der Waals surface area contributed by atoms with Crippen molar-refractivity contribution in [2.75, 3.05) is 32.8 Å². The van der Waals surface area contributed by atoms with Crippen molar-refractivity contribution in [1.82, 2.24) is 14.1 Å². The van der Waals surface area contributed by atoms with Crippen molar-refractivity contribution in [2.45, 2.75) is 80.8 Å². The van der Waals surface area contributed by atoms with E-state index in [2.05, 4.69) is 11.8 Å². The first-order valence-corrected chi connectivity index (χ1v) is 16.3. The summed E-state index contributed by atoms with van der Waals surface area (Å²) in [4.78, 5) is 17.4. The van der Waals surface area contributed by atoms with E-state index in [9.17, 15) is 22.0 Å². The highest BCUT2D eigenvalue weighted by molar-refractivity contribution is 7.89. The third-order valence-electron chi connectivity index (χ3n) is 8.96. The molecule has 2 atom stereocenters. The molecule has 2 aromatic rings. The zero-order valence-electron chi connectivity index (χ0n) is 23.4. The molecule has 7 nitrogen and oxygen atoms in total. The van der Waals surface area contributed by atoms with Crippen LogP contribution >= 0.6 is 11.6 Å². The van der Waals surface area contributed by atoms with Crippen LogP contribution in [-0.4, -0.2) is 73.0 Å². The van der Waals surface area contributed by atoms with Gasteiger partial charge in [0.05, 0.1) is 17.0 Å². The second kappa shape index (κ2) is 12.5. The Morgan fingerprint density at radius 1 is 0.951 bits per heavy atom. The van der Waals surface area contributed by atoms with Crippen LogP contribution in [0.3, 0.4) is 0 Å². The van der Waals surface area contributed by atoms with Crippen molar-refractivity contribution in [3.63, 3.8) is 0 Å². The van der Waals surface area contributed by atoms with Gasteiger partial charge in [0.1, 0.15) is 18.2 Å². The van der Waals surface area contributed by atoms with E-state index >= 15 is 0 Å². The molecule has 2 aromatic carbocycles. The van der Waals surface area contributed by atoms with Crippen LogP contribution in [0.1, 0.15) is 69.9 Å². The van der Waals surface area contributed by atoms with Gasteiger partial charge in [0.25, 0.3) is 0 Å². The van der Waals surface area contributed by atoms with E-state index in [0.29, 0.717) is 37.4 Å². The normalized spacial score (nSPS) is 24.2. The van der Waals surface area contributed by atoms with Gasteiger partial charge in [0.2, 0.25) is 10.0 Å². The predicted octanol–water partition coefficient (Wildman–Crippen LogP) is 6.38. The maximum atomic E-state index is 14.2. The lowest BCUT2D eigenvalue weighted by Gasteiger charge is -2.48. The van der Waals surface area contributed by atoms with Crippen LogP contribution in [0.5, 0.6) is 0 Å². The molecule has 0 unspecified atom stereocenters. The third-order valence-corrected chi connectivity index (χ3v) is 11.2. The summed E-state index contributed by atoms with van der Waals surface area (Å²) in [5.74, 6) is -1.56. The highest BCUT2D eigenvalue weighted by Gasteiger charge is 2.42. The van der Waals surface area contributed by atoms with E-state index in [1.807, 2.05) is 0 Å². The fraction of sp³-hybridized carbons (Fsp3) is 0.567. The standard InChI is InChI=1S/C30H38ClF2N3O4S/c1-30(35-14-3-2-4-15-35)12-16-34(17-13-30)29(37)40-21-26-6-5-7-28(22-18-24(32)20-25(33)19-22)36(26)41(38,39)27-10-8-23(31)9-11-27/h8-11,18-20,26,28H,2-7,12-17,21H2,1H3/t26-,28+/m0/s1. The minimum atomic E-state index is -4.13. The minimum absolute atomic E-state index is 0.00929. The summed E-state index contributed by atoms with van der Waals surface area (Å²) in [6.45, 7) is 5.47. The quantitative estimate of drug-likeness (QED) is 0.380. The molecule has 3 aliphatic rings. The molecule has 3 aliphatic heterocycles. The number of hydrogen-bond acceptors (Lipinski definition) is 5. The smallest absolute Gasteiger partial charge is 0.409 e. The largest absolute Gasteiger partial charge is 0.448 e. The van der Waals surface area contributed by atoms with Crippen molar-refractivity contribution < 1.29 is 26.7 Å². The summed E-state index contributed by atoms with van der Waals surface area (Å²) in [7, 11) is -4.13. The molecule has 3 fully saturated rings. The van der Waals surface area contributed by atoms with Crippen molar-refractivity contribution in [1.29, 1.82) is 0 Å². The molecule has 0 aromatic heterocycles. The van der Waals surface area contributed by atoms with E-state index < -0.39 is 39.8 Å². The monoisotopic (exact) mass is 609 g/mol. The first-order chi connectivity index (χ1) is 19.6. The van der Waals surface area contributed by atoms with E-state index in [1.54, 1.807) is 4.90 Å². The Hall–Kier alpha value is -2.27. The molecule has 0 radical (unpaired) electrons. The lowest BCUT2D eigenvalue weighted by Crippen LogP contribution is -2.56. The molecule has 0 N–H and O–H groups in total. The van der Waals surface area contributed by atoms with Gasteiger partial charge in [-0.25, -0.2) is 22.0 Å². The number of carbonyl (C=O) groups excluding carboxylic acids is 1. The molecule has 0 aliphatic carbocycles. The Morgan fingerprint density at radius 2 is 1.59 bits per heavy atom. The van der Waals surface area contributed by atoms with Gasteiger partial charge >= 0.3 is 6.09 Å². The van der Waals surface area contributed by atoms with Crippen molar-refractivity contribution in [3.8, 4) is 0 Å². The van der Waals surface area contributed by atoms with E-state index in [0.717, 1.165) is 32.0 Å². The molecule has 0 spiro atoms. The molecule has 0 saturated carbocycles. The van der Waals surface area contributed by atoms with Gasteiger partial charge in [0.15, 0.2) is 0 Å². The molecule has 0 bridgehead atoms. The van der Waals surface area contributed by atoms with Crippen molar-refractivity contribution in [2.24, 2.45) is 0 Å².